The number of hydrogen-bond donors (Lipinski definition) is 1. The van der Waals surface area contributed by atoms with E-state index in [1.165, 1.54) is 9.58 Å². The second kappa shape index (κ2) is 6.67. The summed E-state index contributed by atoms with van der Waals surface area (Å²) in [5, 5.41) is 4.17. The lowest BCUT2D eigenvalue weighted by Crippen LogP contribution is -2.34. The first-order valence-corrected chi connectivity index (χ1v) is 6.99. The molecule has 0 aliphatic heterocycles. The van der Waals surface area contributed by atoms with Crippen LogP contribution in [0.3, 0.4) is 0 Å². The Bertz CT molecular complexity index is 560. The minimum Gasteiger partial charge on any atom is -0.462 e. The molecule has 1 aromatic rings. The van der Waals surface area contributed by atoms with E-state index in [1.54, 1.807) is 41.8 Å². The predicted octanol–water partition coefficient (Wildman–Crippen LogP) is 1.55. The Balaban J connectivity index is 2.96. The summed E-state index contributed by atoms with van der Waals surface area (Å²) < 4.78 is 11.6. The summed E-state index contributed by atoms with van der Waals surface area (Å²) in [6.07, 6.45) is -0.508. The lowest BCUT2D eigenvalue weighted by molar-refractivity contribution is 0.0279. The highest BCUT2D eigenvalue weighted by Crippen LogP contribution is 2.19. The van der Waals surface area contributed by atoms with Crippen LogP contribution in [-0.2, 0) is 23.1 Å². The molecule has 22 heavy (non-hydrogen) atoms. The first kappa shape index (κ1) is 17.8. The molecule has 0 aliphatic carbocycles. The standard InChI is InChI=1S/C14H24N4O4/c1-7-21-12(19)10-9(16-18(6)11(10)15)8-17(5)13(20)22-14(2,3)4/h7-8,15H2,1-6H3. The number of amides is 1. The molecule has 8 nitrogen and oxygen atoms in total. The van der Waals surface area contributed by atoms with Crippen molar-refractivity contribution in [3.05, 3.63) is 11.3 Å². The lowest BCUT2D eigenvalue weighted by atomic mass is 10.2. The molecule has 0 saturated heterocycles. The molecule has 8 heteroatoms. The SMILES string of the molecule is CCOC(=O)c1c(CN(C)C(=O)OC(C)(C)C)nn(C)c1N. The number of rotatable bonds is 4. The number of nitrogens with zero attached hydrogens (tertiary/aromatic N) is 3. The first-order valence-electron chi connectivity index (χ1n) is 6.99. The normalized spacial score (nSPS) is 11.2. The maximum Gasteiger partial charge on any atom is 0.410 e. The maximum absolute atomic E-state index is 12.0. The van der Waals surface area contributed by atoms with Crippen LogP contribution in [0.15, 0.2) is 0 Å². The molecule has 124 valence electrons. The van der Waals surface area contributed by atoms with Crippen molar-refractivity contribution in [2.45, 2.75) is 39.8 Å². The van der Waals surface area contributed by atoms with Crippen LogP contribution in [0, 0.1) is 0 Å². The average molecular weight is 312 g/mol. The van der Waals surface area contributed by atoms with E-state index < -0.39 is 17.7 Å². The van der Waals surface area contributed by atoms with Crippen molar-refractivity contribution in [1.29, 1.82) is 0 Å². The highest BCUT2D eigenvalue weighted by molar-refractivity contribution is 5.95. The summed E-state index contributed by atoms with van der Waals surface area (Å²) in [5.74, 6) is -0.355. The van der Waals surface area contributed by atoms with Crippen molar-refractivity contribution in [1.82, 2.24) is 14.7 Å². The largest absolute Gasteiger partial charge is 0.462 e. The zero-order chi connectivity index (χ0) is 17.1. The van der Waals surface area contributed by atoms with Crippen molar-refractivity contribution >= 4 is 17.9 Å². The number of esters is 1. The maximum atomic E-state index is 12.0. The van der Waals surface area contributed by atoms with E-state index in [0.29, 0.717) is 5.69 Å². The molecular weight excluding hydrogens is 288 g/mol. The molecule has 0 atom stereocenters. The highest BCUT2D eigenvalue weighted by Gasteiger charge is 2.26. The Labute approximate surface area is 130 Å². The van der Waals surface area contributed by atoms with Crippen LogP contribution in [0.2, 0.25) is 0 Å². The molecule has 0 radical (unpaired) electrons. The second-order valence-corrected chi connectivity index (χ2v) is 5.89. The average Bonchev–Trinajstić information content (AvgIpc) is 2.63. The predicted molar refractivity (Wildman–Crippen MR) is 81.3 cm³/mol. The molecule has 1 heterocycles. The van der Waals surface area contributed by atoms with E-state index in [9.17, 15) is 9.59 Å². The fourth-order valence-corrected chi connectivity index (χ4v) is 1.76. The van der Waals surface area contributed by atoms with Gasteiger partial charge in [0.1, 0.15) is 17.0 Å². The van der Waals surface area contributed by atoms with Crippen molar-refractivity contribution < 1.29 is 19.1 Å². The van der Waals surface area contributed by atoms with E-state index in [-0.39, 0.29) is 24.5 Å². The second-order valence-electron chi connectivity index (χ2n) is 5.89. The van der Waals surface area contributed by atoms with Gasteiger partial charge in [0.15, 0.2) is 0 Å². The Kier molecular flexibility index (Phi) is 5.40. The topological polar surface area (TPSA) is 99.7 Å². The zero-order valence-corrected chi connectivity index (χ0v) is 14.0. The van der Waals surface area contributed by atoms with E-state index in [4.69, 9.17) is 15.2 Å². The molecule has 0 aliphatic rings. The van der Waals surface area contributed by atoms with Gasteiger partial charge >= 0.3 is 12.1 Å². The van der Waals surface area contributed by atoms with Gasteiger partial charge in [0.05, 0.1) is 18.8 Å². The van der Waals surface area contributed by atoms with Crippen LogP contribution in [-0.4, -0.2) is 46.0 Å². The summed E-state index contributed by atoms with van der Waals surface area (Å²) in [4.78, 5) is 25.3. The molecule has 1 rings (SSSR count). The van der Waals surface area contributed by atoms with E-state index in [0.717, 1.165) is 0 Å². The van der Waals surface area contributed by atoms with Crippen LogP contribution in [0.5, 0.6) is 0 Å². The van der Waals surface area contributed by atoms with Crippen molar-refractivity contribution in [2.24, 2.45) is 7.05 Å². The fourth-order valence-electron chi connectivity index (χ4n) is 1.76. The van der Waals surface area contributed by atoms with Crippen LogP contribution < -0.4 is 5.73 Å². The summed E-state index contributed by atoms with van der Waals surface area (Å²) >= 11 is 0. The molecule has 0 fully saturated rings. The van der Waals surface area contributed by atoms with E-state index in [2.05, 4.69) is 5.10 Å². The minimum absolute atomic E-state index is 0.0914. The fraction of sp³-hybridized carbons (Fsp3) is 0.643. The van der Waals surface area contributed by atoms with Crippen LogP contribution in [0.1, 0.15) is 43.7 Å². The van der Waals surface area contributed by atoms with Gasteiger partial charge in [-0.1, -0.05) is 0 Å². The van der Waals surface area contributed by atoms with Crippen molar-refractivity contribution in [3.8, 4) is 0 Å². The molecule has 1 amide bonds. The number of aromatic nitrogens is 2. The molecule has 0 unspecified atom stereocenters. The molecule has 0 spiro atoms. The van der Waals surface area contributed by atoms with Gasteiger partial charge in [-0.05, 0) is 27.7 Å². The zero-order valence-electron chi connectivity index (χ0n) is 14.0. The Morgan fingerprint density at radius 3 is 2.45 bits per heavy atom. The third kappa shape index (κ3) is 4.37. The number of anilines is 1. The summed E-state index contributed by atoms with van der Waals surface area (Å²) in [6, 6.07) is 0. The van der Waals surface area contributed by atoms with Crippen LogP contribution in [0.25, 0.3) is 0 Å². The molecule has 0 bridgehead atoms. The third-order valence-corrected chi connectivity index (χ3v) is 2.74. The number of nitrogens with two attached hydrogens (primary N) is 1. The first-order chi connectivity index (χ1) is 10.1. The Morgan fingerprint density at radius 2 is 1.95 bits per heavy atom. The van der Waals surface area contributed by atoms with Crippen LogP contribution in [0.4, 0.5) is 10.6 Å². The number of carbonyl (C=O) groups excluding carboxylic acids is 2. The quantitative estimate of drug-likeness (QED) is 0.847. The number of hydrogen-bond acceptors (Lipinski definition) is 6. The van der Waals surface area contributed by atoms with E-state index in [1.807, 2.05) is 0 Å². The van der Waals surface area contributed by atoms with Gasteiger partial charge in [0.2, 0.25) is 0 Å². The van der Waals surface area contributed by atoms with Gasteiger partial charge in [0, 0.05) is 14.1 Å². The van der Waals surface area contributed by atoms with Crippen LogP contribution >= 0.6 is 0 Å². The number of aryl methyl sites for hydroxylation is 1. The Hall–Kier alpha value is -2.25. The van der Waals surface area contributed by atoms with E-state index >= 15 is 0 Å². The Morgan fingerprint density at radius 1 is 1.36 bits per heavy atom. The molecule has 2 N–H and O–H groups in total. The lowest BCUT2D eigenvalue weighted by Gasteiger charge is -2.24. The van der Waals surface area contributed by atoms with Gasteiger partial charge in [-0.2, -0.15) is 5.10 Å². The van der Waals surface area contributed by atoms with Crippen molar-refractivity contribution in [2.75, 3.05) is 19.4 Å². The minimum atomic E-state index is -0.599. The summed E-state index contributed by atoms with van der Waals surface area (Å²) in [6.45, 7) is 7.37. The number of carbonyl (C=O) groups is 2. The van der Waals surface area contributed by atoms with Gasteiger partial charge in [-0.25, -0.2) is 9.59 Å². The number of ether oxygens (including phenoxy) is 2. The van der Waals surface area contributed by atoms with Gasteiger partial charge in [-0.15, -0.1) is 0 Å². The third-order valence-electron chi connectivity index (χ3n) is 2.74. The number of nitrogen functional groups attached to an aromatic ring is 1. The summed E-state index contributed by atoms with van der Waals surface area (Å²) in [7, 11) is 3.18. The molecular formula is C14H24N4O4. The molecule has 0 aromatic carbocycles. The summed E-state index contributed by atoms with van der Waals surface area (Å²) in [5.41, 5.74) is 5.80. The highest BCUT2D eigenvalue weighted by atomic mass is 16.6. The van der Waals surface area contributed by atoms with Gasteiger partial charge in [-0.3, -0.25) is 4.68 Å². The van der Waals surface area contributed by atoms with Gasteiger partial charge in [0.25, 0.3) is 0 Å². The smallest absolute Gasteiger partial charge is 0.410 e. The van der Waals surface area contributed by atoms with Crippen molar-refractivity contribution in [3.63, 3.8) is 0 Å². The van der Waals surface area contributed by atoms with Gasteiger partial charge < -0.3 is 20.1 Å². The molecule has 0 saturated carbocycles. The molecule has 1 aromatic heterocycles. The monoisotopic (exact) mass is 312 g/mol.